The summed E-state index contributed by atoms with van der Waals surface area (Å²) in [7, 11) is 1.65. The molecule has 0 unspecified atom stereocenters. The second-order valence-corrected chi connectivity index (χ2v) is 6.71. The van der Waals surface area contributed by atoms with Crippen LogP contribution in [0.1, 0.15) is 27.5 Å². The maximum Gasteiger partial charge on any atom is 0.307 e. The molecule has 29 heavy (non-hydrogen) atoms. The number of aromatic nitrogens is 1. The third-order valence-corrected chi connectivity index (χ3v) is 4.82. The number of nitrogens with one attached hydrogen (secondary N) is 1. The first-order chi connectivity index (χ1) is 14.1. The number of ether oxygens (including phenoxy) is 1. The van der Waals surface area contributed by atoms with Crippen LogP contribution < -0.4 is 10.2 Å². The molecular formula is C23H21N3O3. The van der Waals surface area contributed by atoms with Crippen molar-refractivity contribution >= 4 is 23.1 Å². The molecule has 2 aromatic heterocycles. The number of nitrogens with zero attached hydrogens (tertiary/aromatic N) is 2. The number of carbonyl (C=O) groups excluding carboxylic acids is 1. The van der Waals surface area contributed by atoms with E-state index in [9.17, 15) is 4.79 Å². The summed E-state index contributed by atoms with van der Waals surface area (Å²) >= 11 is 0. The lowest BCUT2D eigenvalue weighted by Gasteiger charge is -2.10. The van der Waals surface area contributed by atoms with Gasteiger partial charge in [0.25, 0.3) is 0 Å². The zero-order valence-corrected chi connectivity index (χ0v) is 16.5. The van der Waals surface area contributed by atoms with Gasteiger partial charge in [0.15, 0.2) is 5.76 Å². The van der Waals surface area contributed by atoms with Crippen molar-refractivity contribution in [1.29, 1.82) is 0 Å². The van der Waals surface area contributed by atoms with Crippen LogP contribution in [0.15, 0.2) is 70.2 Å². The van der Waals surface area contributed by atoms with Gasteiger partial charge >= 0.3 is 5.91 Å². The van der Waals surface area contributed by atoms with Crippen LogP contribution in [-0.4, -0.2) is 23.8 Å². The Hall–Kier alpha value is -3.80. The normalized spacial score (nSPS) is 11.3. The highest BCUT2D eigenvalue weighted by Crippen LogP contribution is 2.22. The molecule has 0 saturated heterocycles. The van der Waals surface area contributed by atoms with E-state index in [1.807, 2.05) is 68.4 Å². The Balaban J connectivity index is 1.51. The van der Waals surface area contributed by atoms with Crippen molar-refractivity contribution in [3.63, 3.8) is 0 Å². The summed E-state index contributed by atoms with van der Waals surface area (Å²) in [6, 6.07) is 19.1. The summed E-state index contributed by atoms with van der Waals surface area (Å²) in [5.41, 5.74) is 7.24. The number of fused-ring (bicyclic) bond motifs is 1. The molecule has 2 aromatic carbocycles. The van der Waals surface area contributed by atoms with E-state index in [4.69, 9.17) is 9.15 Å². The maximum atomic E-state index is 12.3. The van der Waals surface area contributed by atoms with Crippen LogP contribution in [-0.2, 0) is 0 Å². The Kier molecular flexibility index (Phi) is 4.91. The van der Waals surface area contributed by atoms with Gasteiger partial charge < -0.3 is 13.7 Å². The zero-order chi connectivity index (χ0) is 20.4. The number of hydrazone groups is 1. The smallest absolute Gasteiger partial charge is 0.307 e. The average molecular weight is 387 g/mol. The molecule has 2 heterocycles. The number of rotatable bonds is 5. The van der Waals surface area contributed by atoms with Crippen LogP contribution >= 0.6 is 0 Å². The minimum absolute atomic E-state index is 0.229. The molecule has 6 nitrogen and oxygen atoms in total. The van der Waals surface area contributed by atoms with Gasteiger partial charge in [-0.1, -0.05) is 18.2 Å². The fourth-order valence-electron chi connectivity index (χ4n) is 3.36. The van der Waals surface area contributed by atoms with Crippen LogP contribution in [0.3, 0.4) is 0 Å². The van der Waals surface area contributed by atoms with E-state index in [1.54, 1.807) is 19.4 Å². The second-order valence-electron chi connectivity index (χ2n) is 6.71. The van der Waals surface area contributed by atoms with Crippen molar-refractivity contribution < 1.29 is 13.9 Å². The summed E-state index contributed by atoms with van der Waals surface area (Å²) in [5, 5.41) is 4.99. The fraction of sp³-hybridized carbons (Fsp3) is 0.130. The Bertz CT molecular complexity index is 1170. The lowest BCUT2D eigenvalue weighted by atomic mass is 10.2. The number of aryl methyl sites for hydroxylation is 1. The quantitative estimate of drug-likeness (QED) is 0.401. The van der Waals surface area contributed by atoms with E-state index in [0.717, 1.165) is 33.8 Å². The second kappa shape index (κ2) is 7.67. The van der Waals surface area contributed by atoms with Crippen molar-refractivity contribution in [2.75, 3.05) is 7.11 Å². The molecule has 1 N–H and O–H groups in total. The number of hydrogen-bond acceptors (Lipinski definition) is 4. The van der Waals surface area contributed by atoms with Gasteiger partial charge in [0.05, 0.1) is 13.3 Å². The van der Waals surface area contributed by atoms with Crippen LogP contribution in [0, 0.1) is 13.8 Å². The van der Waals surface area contributed by atoms with E-state index in [1.165, 1.54) is 0 Å². The molecule has 0 radical (unpaired) electrons. The van der Waals surface area contributed by atoms with Crippen LogP contribution in [0.5, 0.6) is 5.75 Å². The predicted molar refractivity (Wildman–Crippen MR) is 113 cm³/mol. The van der Waals surface area contributed by atoms with Crippen molar-refractivity contribution in [1.82, 2.24) is 9.99 Å². The highest BCUT2D eigenvalue weighted by atomic mass is 16.5. The molecule has 6 heteroatoms. The number of carbonyl (C=O) groups is 1. The molecule has 0 saturated carbocycles. The maximum absolute atomic E-state index is 12.3. The lowest BCUT2D eigenvalue weighted by Crippen LogP contribution is -2.16. The van der Waals surface area contributed by atoms with E-state index in [-0.39, 0.29) is 11.7 Å². The molecule has 0 spiro atoms. The fourth-order valence-corrected chi connectivity index (χ4v) is 3.36. The molecule has 4 aromatic rings. The first-order valence-electron chi connectivity index (χ1n) is 9.22. The first kappa shape index (κ1) is 18.6. The third kappa shape index (κ3) is 3.65. The molecule has 0 bridgehead atoms. The van der Waals surface area contributed by atoms with Gasteiger partial charge in [0, 0.05) is 28.0 Å². The number of furan rings is 1. The molecule has 1 amide bonds. The standard InChI is InChI=1S/C23H21N3O3/c1-15-12-18(16(2)26(15)19-8-10-20(28-3)11-9-19)14-24-25-23(27)22-13-17-6-4-5-7-21(17)29-22/h4-14H,1-3H3,(H,25,27)/b24-14+. The third-order valence-electron chi connectivity index (χ3n) is 4.82. The topological polar surface area (TPSA) is 68.8 Å². The molecular weight excluding hydrogens is 366 g/mol. The number of benzene rings is 2. The molecule has 0 fully saturated rings. The van der Waals surface area contributed by atoms with Gasteiger partial charge in [-0.15, -0.1) is 0 Å². The number of hydrogen-bond donors (Lipinski definition) is 1. The van der Waals surface area contributed by atoms with Crippen LogP contribution in [0.4, 0.5) is 0 Å². The minimum atomic E-state index is -0.388. The van der Waals surface area contributed by atoms with E-state index in [2.05, 4.69) is 15.1 Å². The summed E-state index contributed by atoms with van der Waals surface area (Å²) in [4.78, 5) is 12.3. The minimum Gasteiger partial charge on any atom is -0.497 e. The van der Waals surface area contributed by atoms with Crippen molar-refractivity contribution in [3.8, 4) is 11.4 Å². The van der Waals surface area contributed by atoms with Gasteiger partial charge in [0.2, 0.25) is 0 Å². The summed E-state index contributed by atoms with van der Waals surface area (Å²) < 4.78 is 12.9. The Labute approximate surface area is 168 Å². The monoisotopic (exact) mass is 387 g/mol. The van der Waals surface area contributed by atoms with Crippen molar-refractivity contribution in [2.24, 2.45) is 5.10 Å². The summed E-state index contributed by atoms with van der Waals surface area (Å²) in [6.07, 6.45) is 1.64. The Morgan fingerprint density at radius 2 is 1.86 bits per heavy atom. The van der Waals surface area contributed by atoms with Gasteiger partial charge in [-0.25, -0.2) is 5.43 Å². The van der Waals surface area contributed by atoms with Crippen LogP contribution in [0.25, 0.3) is 16.7 Å². The van der Waals surface area contributed by atoms with Crippen LogP contribution in [0.2, 0.25) is 0 Å². The average Bonchev–Trinajstić information content (AvgIpc) is 3.29. The molecule has 146 valence electrons. The Morgan fingerprint density at radius 1 is 1.10 bits per heavy atom. The Morgan fingerprint density at radius 3 is 2.59 bits per heavy atom. The first-order valence-corrected chi connectivity index (χ1v) is 9.22. The largest absolute Gasteiger partial charge is 0.497 e. The number of amides is 1. The predicted octanol–water partition coefficient (Wildman–Crippen LogP) is 4.61. The van der Waals surface area contributed by atoms with Gasteiger partial charge in [-0.05, 0) is 56.3 Å². The van der Waals surface area contributed by atoms with E-state index < -0.39 is 0 Å². The molecule has 0 atom stereocenters. The molecule has 0 aliphatic heterocycles. The van der Waals surface area contributed by atoms with Crippen molar-refractivity contribution in [3.05, 3.63) is 83.4 Å². The SMILES string of the molecule is COc1ccc(-n2c(C)cc(/C=N/NC(=O)c3cc4ccccc4o3)c2C)cc1. The molecule has 0 aliphatic carbocycles. The molecule has 4 rings (SSSR count). The lowest BCUT2D eigenvalue weighted by molar-refractivity contribution is 0.0929. The molecule has 0 aliphatic rings. The van der Waals surface area contributed by atoms with E-state index in [0.29, 0.717) is 5.58 Å². The number of methoxy groups -OCH3 is 1. The summed E-state index contributed by atoms with van der Waals surface area (Å²) in [6.45, 7) is 4.04. The highest BCUT2D eigenvalue weighted by Gasteiger charge is 2.12. The van der Waals surface area contributed by atoms with Gasteiger partial charge in [0.1, 0.15) is 11.3 Å². The van der Waals surface area contributed by atoms with E-state index >= 15 is 0 Å². The zero-order valence-electron chi connectivity index (χ0n) is 16.5. The summed E-state index contributed by atoms with van der Waals surface area (Å²) in [5.74, 6) is 0.653. The van der Waals surface area contributed by atoms with Crippen molar-refractivity contribution in [2.45, 2.75) is 13.8 Å². The highest BCUT2D eigenvalue weighted by molar-refractivity contribution is 5.96. The van der Waals surface area contributed by atoms with Gasteiger partial charge in [-0.3, -0.25) is 4.79 Å². The number of para-hydroxylation sites is 1. The van der Waals surface area contributed by atoms with Gasteiger partial charge in [-0.2, -0.15) is 5.10 Å².